The first-order valence-corrected chi connectivity index (χ1v) is 7.04. The largest absolute Gasteiger partial charge is 0.483 e. The van der Waals surface area contributed by atoms with Gasteiger partial charge in [-0.15, -0.1) is 0 Å². The zero-order valence-electron chi connectivity index (χ0n) is 12.2. The van der Waals surface area contributed by atoms with Gasteiger partial charge in [0, 0.05) is 23.5 Å². The van der Waals surface area contributed by atoms with Gasteiger partial charge in [0.25, 0.3) is 5.91 Å². The number of hydrogen-bond acceptors (Lipinski definition) is 3. The number of carbonyl (C=O) groups is 1. The first kappa shape index (κ1) is 14.1. The van der Waals surface area contributed by atoms with E-state index >= 15 is 0 Å². The van der Waals surface area contributed by atoms with Gasteiger partial charge in [0.15, 0.2) is 6.61 Å². The molecule has 1 heterocycles. The third kappa shape index (κ3) is 3.23. The van der Waals surface area contributed by atoms with Crippen LogP contribution in [0.1, 0.15) is 5.56 Å². The molecule has 0 aliphatic heterocycles. The fourth-order valence-electron chi connectivity index (χ4n) is 2.22. The van der Waals surface area contributed by atoms with E-state index in [0.717, 1.165) is 27.8 Å². The van der Waals surface area contributed by atoms with Crippen LogP contribution in [0.25, 0.3) is 10.8 Å². The van der Waals surface area contributed by atoms with E-state index in [4.69, 9.17) is 4.74 Å². The smallest absolute Gasteiger partial charge is 0.262 e. The van der Waals surface area contributed by atoms with Crippen molar-refractivity contribution in [1.82, 2.24) is 4.98 Å². The SMILES string of the molecule is Cc1ccccc1OCC(=O)Nc1ccc2cnccc2c1. The summed E-state index contributed by atoms with van der Waals surface area (Å²) in [5.41, 5.74) is 1.76. The molecular formula is C18H16N2O2. The van der Waals surface area contributed by atoms with E-state index < -0.39 is 0 Å². The zero-order valence-corrected chi connectivity index (χ0v) is 12.2. The fourth-order valence-corrected chi connectivity index (χ4v) is 2.22. The second kappa shape index (κ2) is 6.26. The highest BCUT2D eigenvalue weighted by Crippen LogP contribution is 2.18. The maximum Gasteiger partial charge on any atom is 0.262 e. The van der Waals surface area contributed by atoms with Crippen LogP contribution in [0, 0.1) is 6.92 Å². The van der Waals surface area contributed by atoms with Crippen molar-refractivity contribution in [3.8, 4) is 5.75 Å². The van der Waals surface area contributed by atoms with E-state index in [1.807, 2.05) is 55.5 Å². The Morgan fingerprint density at radius 1 is 1.14 bits per heavy atom. The van der Waals surface area contributed by atoms with Crippen LogP contribution in [-0.2, 0) is 4.79 Å². The Morgan fingerprint density at radius 2 is 2.00 bits per heavy atom. The topological polar surface area (TPSA) is 51.2 Å². The molecule has 0 aliphatic rings. The van der Waals surface area contributed by atoms with E-state index in [1.54, 1.807) is 12.4 Å². The van der Waals surface area contributed by atoms with Gasteiger partial charge in [0.2, 0.25) is 0 Å². The van der Waals surface area contributed by atoms with Crippen molar-refractivity contribution in [3.63, 3.8) is 0 Å². The summed E-state index contributed by atoms with van der Waals surface area (Å²) in [6.07, 6.45) is 3.53. The summed E-state index contributed by atoms with van der Waals surface area (Å²) < 4.78 is 5.54. The lowest BCUT2D eigenvalue weighted by Crippen LogP contribution is -2.20. The van der Waals surface area contributed by atoms with E-state index in [9.17, 15) is 4.79 Å². The summed E-state index contributed by atoms with van der Waals surface area (Å²) >= 11 is 0. The number of aromatic nitrogens is 1. The highest BCUT2D eigenvalue weighted by Gasteiger charge is 2.05. The number of fused-ring (bicyclic) bond motifs is 1. The fraction of sp³-hybridized carbons (Fsp3) is 0.111. The highest BCUT2D eigenvalue weighted by molar-refractivity contribution is 5.94. The van der Waals surface area contributed by atoms with Gasteiger partial charge in [-0.3, -0.25) is 9.78 Å². The quantitative estimate of drug-likeness (QED) is 0.800. The number of ether oxygens (including phenoxy) is 1. The average molecular weight is 292 g/mol. The van der Waals surface area contributed by atoms with Gasteiger partial charge in [0.05, 0.1) is 0 Å². The molecule has 0 saturated heterocycles. The molecule has 0 spiro atoms. The van der Waals surface area contributed by atoms with Gasteiger partial charge in [-0.25, -0.2) is 0 Å². The molecule has 0 unspecified atom stereocenters. The van der Waals surface area contributed by atoms with Crippen molar-refractivity contribution < 1.29 is 9.53 Å². The number of aryl methyl sites for hydroxylation is 1. The second-order valence-corrected chi connectivity index (χ2v) is 5.04. The van der Waals surface area contributed by atoms with Crippen molar-refractivity contribution in [3.05, 3.63) is 66.5 Å². The summed E-state index contributed by atoms with van der Waals surface area (Å²) in [5.74, 6) is 0.541. The van der Waals surface area contributed by atoms with Crippen LogP contribution in [0.15, 0.2) is 60.9 Å². The maximum absolute atomic E-state index is 12.0. The van der Waals surface area contributed by atoms with Gasteiger partial charge in [-0.2, -0.15) is 0 Å². The minimum absolute atomic E-state index is 0.0146. The van der Waals surface area contributed by atoms with Crippen molar-refractivity contribution in [2.24, 2.45) is 0 Å². The van der Waals surface area contributed by atoms with Crippen molar-refractivity contribution in [1.29, 1.82) is 0 Å². The number of nitrogens with zero attached hydrogens (tertiary/aromatic N) is 1. The average Bonchev–Trinajstić information content (AvgIpc) is 2.54. The number of anilines is 1. The third-order valence-corrected chi connectivity index (χ3v) is 3.38. The molecule has 0 fully saturated rings. The number of amides is 1. The van der Waals surface area contributed by atoms with Gasteiger partial charge in [0.1, 0.15) is 5.75 Å². The lowest BCUT2D eigenvalue weighted by molar-refractivity contribution is -0.118. The van der Waals surface area contributed by atoms with Crippen LogP contribution < -0.4 is 10.1 Å². The molecule has 0 aliphatic carbocycles. The maximum atomic E-state index is 12.0. The molecule has 4 heteroatoms. The number of nitrogens with one attached hydrogen (secondary N) is 1. The van der Waals surface area contributed by atoms with Gasteiger partial charge < -0.3 is 10.1 Å². The zero-order chi connectivity index (χ0) is 15.4. The van der Waals surface area contributed by atoms with E-state index in [0.29, 0.717) is 0 Å². The molecule has 0 radical (unpaired) electrons. The number of carbonyl (C=O) groups excluding carboxylic acids is 1. The Hall–Kier alpha value is -2.88. The molecule has 1 amide bonds. The van der Waals surface area contributed by atoms with Gasteiger partial charge in [-0.1, -0.05) is 24.3 Å². The molecular weight excluding hydrogens is 276 g/mol. The van der Waals surface area contributed by atoms with Crippen molar-refractivity contribution in [2.45, 2.75) is 6.92 Å². The van der Waals surface area contributed by atoms with Crippen molar-refractivity contribution in [2.75, 3.05) is 11.9 Å². The minimum Gasteiger partial charge on any atom is -0.483 e. The molecule has 3 aromatic rings. The summed E-state index contributed by atoms with van der Waals surface area (Å²) in [6, 6.07) is 15.2. The lowest BCUT2D eigenvalue weighted by Gasteiger charge is -2.09. The number of benzene rings is 2. The molecule has 0 bridgehead atoms. The summed E-state index contributed by atoms with van der Waals surface area (Å²) in [7, 11) is 0. The van der Waals surface area contributed by atoms with Crippen LogP contribution >= 0.6 is 0 Å². The van der Waals surface area contributed by atoms with E-state index in [1.165, 1.54) is 0 Å². The Bertz CT molecular complexity index is 815. The monoisotopic (exact) mass is 292 g/mol. The predicted molar refractivity (Wildman–Crippen MR) is 87.0 cm³/mol. The van der Waals surface area contributed by atoms with Crippen LogP contribution in [0.4, 0.5) is 5.69 Å². The number of pyridine rings is 1. The normalized spacial score (nSPS) is 10.4. The Morgan fingerprint density at radius 3 is 2.86 bits per heavy atom. The Balaban J connectivity index is 1.64. The minimum atomic E-state index is -0.184. The van der Waals surface area contributed by atoms with E-state index in [2.05, 4.69) is 10.3 Å². The molecule has 1 aromatic heterocycles. The summed E-state index contributed by atoms with van der Waals surface area (Å²) in [5, 5.41) is 4.91. The molecule has 110 valence electrons. The van der Waals surface area contributed by atoms with Crippen LogP contribution in [0.3, 0.4) is 0 Å². The molecule has 0 saturated carbocycles. The molecule has 2 aromatic carbocycles. The standard InChI is InChI=1S/C18H16N2O2/c1-13-4-2-3-5-17(13)22-12-18(21)20-16-7-6-15-11-19-9-8-14(15)10-16/h2-11H,12H2,1H3,(H,20,21). The predicted octanol–water partition coefficient (Wildman–Crippen LogP) is 3.56. The molecule has 1 N–H and O–H groups in total. The summed E-state index contributed by atoms with van der Waals surface area (Å²) in [4.78, 5) is 16.1. The highest BCUT2D eigenvalue weighted by atomic mass is 16.5. The third-order valence-electron chi connectivity index (χ3n) is 3.38. The molecule has 3 rings (SSSR count). The van der Waals surface area contributed by atoms with Gasteiger partial charge >= 0.3 is 0 Å². The first-order valence-electron chi connectivity index (χ1n) is 7.04. The number of hydrogen-bond donors (Lipinski definition) is 1. The number of rotatable bonds is 4. The van der Waals surface area contributed by atoms with Crippen LogP contribution in [0.2, 0.25) is 0 Å². The number of para-hydroxylation sites is 1. The Labute approximate surface area is 128 Å². The lowest BCUT2D eigenvalue weighted by atomic mass is 10.1. The van der Waals surface area contributed by atoms with Gasteiger partial charge in [-0.05, 0) is 42.1 Å². The molecule has 0 atom stereocenters. The first-order chi connectivity index (χ1) is 10.7. The van der Waals surface area contributed by atoms with E-state index in [-0.39, 0.29) is 12.5 Å². The van der Waals surface area contributed by atoms with Crippen LogP contribution in [0.5, 0.6) is 5.75 Å². The Kier molecular flexibility index (Phi) is 4.01. The second-order valence-electron chi connectivity index (χ2n) is 5.04. The summed E-state index contributed by atoms with van der Waals surface area (Å²) in [6.45, 7) is 1.93. The molecule has 4 nitrogen and oxygen atoms in total. The van der Waals surface area contributed by atoms with Crippen LogP contribution in [-0.4, -0.2) is 17.5 Å². The molecule has 22 heavy (non-hydrogen) atoms. The van der Waals surface area contributed by atoms with Crippen molar-refractivity contribution >= 4 is 22.4 Å².